The van der Waals surface area contributed by atoms with E-state index in [-0.39, 0.29) is 6.04 Å². The molecule has 0 fully saturated rings. The van der Waals surface area contributed by atoms with Crippen LogP contribution in [0.1, 0.15) is 49.8 Å². The lowest BCUT2D eigenvalue weighted by Crippen LogP contribution is -2.28. The third kappa shape index (κ3) is 2.79. The average molecular weight is 234 g/mol. The van der Waals surface area contributed by atoms with Crippen LogP contribution in [-0.4, -0.2) is 6.61 Å². The minimum absolute atomic E-state index is 0.217. The van der Waals surface area contributed by atoms with Gasteiger partial charge in [0.1, 0.15) is 5.75 Å². The van der Waals surface area contributed by atoms with Crippen molar-refractivity contribution in [3.63, 3.8) is 0 Å². The van der Waals surface area contributed by atoms with Gasteiger partial charge in [-0.15, -0.1) is 0 Å². The van der Waals surface area contributed by atoms with Crippen molar-refractivity contribution in [2.45, 2.75) is 45.1 Å². The Kier molecular flexibility index (Phi) is 4.40. The number of nitrogens with two attached hydrogens (primary N) is 1. The van der Waals surface area contributed by atoms with Gasteiger partial charge in [0.25, 0.3) is 0 Å². The lowest BCUT2D eigenvalue weighted by Gasteiger charge is -2.18. The predicted octanol–water partition coefficient (Wildman–Crippen LogP) is 2.71. The SMILES string of the molecule is CCCCCC(NN)c1cccc2c1OCC2. The smallest absolute Gasteiger partial charge is 0.127 e. The van der Waals surface area contributed by atoms with Crippen LogP contribution in [0.25, 0.3) is 0 Å². The van der Waals surface area contributed by atoms with Crippen molar-refractivity contribution in [1.82, 2.24) is 5.43 Å². The predicted molar refractivity (Wildman–Crippen MR) is 69.8 cm³/mol. The first-order valence-corrected chi connectivity index (χ1v) is 6.57. The first-order chi connectivity index (χ1) is 8.36. The second kappa shape index (κ2) is 6.03. The van der Waals surface area contributed by atoms with E-state index in [1.54, 1.807) is 0 Å². The lowest BCUT2D eigenvalue weighted by atomic mass is 9.98. The zero-order chi connectivity index (χ0) is 12.1. The highest BCUT2D eigenvalue weighted by Crippen LogP contribution is 2.34. The van der Waals surface area contributed by atoms with Crippen molar-refractivity contribution in [2.24, 2.45) is 5.84 Å². The van der Waals surface area contributed by atoms with Gasteiger partial charge in [-0.25, -0.2) is 0 Å². The van der Waals surface area contributed by atoms with Gasteiger partial charge in [-0.2, -0.15) is 0 Å². The highest BCUT2D eigenvalue weighted by molar-refractivity contribution is 5.45. The van der Waals surface area contributed by atoms with Crippen molar-refractivity contribution >= 4 is 0 Å². The van der Waals surface area contributed by atoms with Crippen molar-refractivity contribution < 1.29 is 4.74 Å². The summed E-state index contributed by atoms with van der Waals surface area (Å²) in [7, 11) is 0. The van der Waals surface area contributed by atoms with E-state index in [1.807, 2.05) is 0 Å². The molecule has 0 aromatic heterocycles. The summed E-state index contributed by atoms with van der Waals surface area (Å²) in [6, 6.07) is 6.59. The van der Waals surface area contributed by atoms with Crippen molar-refractivity contribution in [3.05, 3.63) is 29.3 Å². The van der Waals surface area contributed by atoms with Gasteiger partial charge in [-0.3, -0.25) is 11.3 Å². The van der Waals surface area contributed by atoms with E-state index in [1.165, 1.54) is 30.4 Å². The Hall–Kier alpha value is -1.06. The van der Waals surface area contributed by atoms with Gasteiger partial charge in [0, 0.05) is 18.0 Å². The summed E-state index contributed by atoms with van der Waals surface area (Å²) in [6.07, 6.45) is 5.80. The Balaban J connectivity index is 2.11. The van der Waals surface area contributed by atoms with Gasteiger partial charge in [0.15, 0.2) is 0 Å². The van der Waals surface area contributed by atoms with E-state index in [4.69, 9.17) is 10.6 Å². The molecule has 1 aliphatic rings. The fourth-order valence-corrected chi connectivity index (χ4v) is 2.44. The molecular formula is C14H22N2O. The minimum atomic E-state index is 0.217. The molecule has 1 aromatic carbocycles. The largest absolute Gasteiger partial charge is 0.493 e. The molecule has 0 aliphatic carbocycles. The fourth-order valence-electron chi connectivity index (χ4n) is 2.44. The maximum absolute atomic E-state index is 5.72. The van der Waals surface area contributed by atoms with Gasteiger partial charge in [-0.05, 0) is 12.0 Å². The number of fused-ring (bicyclic) bond motifs is 1. The molecule has 0 bridgehead atoms. The number of rotatable bonds is 6. The van der Waals surface area contributed by atoms with Crippen molar-refractivity contribution in [3.8, 4) is 5.75 Å². The molecule has 1 unspecified atom stereocenters. The quantitative estimate of drug-likeness (QED) is 0.452. The summed E-state index contributed by atoms with van der Waals surface area (Å²) >= 11 is 0. The zero-order valence-corrected chi connectivity index (χ0v) is 10.5. The topological polar surface area (TPSA) is 47.3 Å². The van der Waals surface area contributed by atoms with E-state index in [0.717, 1.165) is 25.2 Å². The molecule has 17 heavy (non-hydrogen) atoms. The average Bonchev–Trinajstić information content (AvgIpc) is 2.83. The van der Waals surface area contributed by atoms with Gasteiger partial charge in [0.2, 0.25) is 0 Å². The number of benzene rings is 1. The Morgan fingerprint density at radius 2 is 2.29 bits per heavy atom. The molecule has 1 aliphatic heterocycles. The standard InChI is InChI=1S/C14H22N2O/c1-2-3-4-8-13(16-15)12-7-5-6-11-9-10-17-14(11)12/h5-7,13,16H,2-4,8-10,15H2,1H3. The number of hydrogen-bond donors (Lipinski definition) is 2. The number of unbranched alkanes of at least 4 members (excludes halogenated alkanes) is 2. The van der Waals surface area contributed by atoms with Gasteiger partial charge >= 0.3 is 0 Å². The molecule has 0 radical (unpaired) electrons. The number of ether oxygens (including phenoxy) is 1. The fraction of sp³-hybridized carbons (Fsp3) is 0.571. The van der Waals surface area contributed by atoms with Crippen LogP contribution in [0.3, 0.4) is 0 Å². The summed E-state index contributed by atoms with van der Waals surface area (Å²) in [6.45, 7) is 3.02. The van der Waals surface area contributed by atoms with E-state index < -0.39 is 0 Å². The molecule has 0 spiro atoms. The monoisotopic (exact) mass is 234 g/mol. The summed E-state index contributed by atoms with van der Waals surface area (Å²) in [4.78, 5) is 0. The Labute approximate surface area is 103 Å². The molecule has 0 saturated carbocycles. The van der Waals surface area contributed by atoms with Gasteiger partial charge in [-0.1, -0.05) is 44.4 Å². The van der Waals surface area contributed by atoms with Crippen LogP contribution >= 0.6 is 0 Å². The highest BCUT2D eigenvalue weighted by Gasteiger charge is 2.20. The van der Waals surface area contributed by atoms with Crippen LogP contribution in [-0.2, 0) is 6.42 Å². The number of hydrogen-bond acceptors (Lipinski definition) is 3. The zero-order valence-electron chi connectivity index (χ0n) is 10.5. The first-order valence-electron chi connectivity index (χ1n) is 6.57. The molecule has 3 nitrogen and oxygen atoms in total. The molecule has 1 atom stereocenters. The number of nitrogens with one attached hydrogen (secondary N) is 1. The Morgan fingerprint density at radius 3 is 3.06 bits per heavy atom. The molecule has 0 saturated heterocycles. The Morgan fingerprint density at radius 1 is 1.41 bits per heavy atom. The molecular weight excluding hydrogens is 212 g/mol. The van der Waals surface area contributed by atoms with Crippen LogP contribution < -0.4 is 16.0 Å². The second-order valence-electron chi connectivity index (χ2n) is 4.65. The summed E-state index contributed by atoms with van der Waals surface area (Å²) < 4.78 is 5.72. The van der Waals surface area contributed by atoms with E-state index in [2.05, 4.69) is 30.5 Å². The maximum Gasteiger partial charge on any atom is 0.127 e. The highest BCUT2D eigenvalue weighted by atomic mass is 16.5. The van der Waals surface area contributed by atoms with Gasteiger partial charge in [0.05, 0.1) is 6.61 Å². The molecule has 3 N–H and O–H groups in total. The van der Waals surface area contributed by atoms with Crippen LogP contribution in [0.2, 0.25) is 0 Å². The van der Waals surface area contributed by atoms with Gasteiger partial charge < -0.3 is 4.74 Å². The molecule has 3 heteroatoms. The summed E-state index contributed by atoms with van der Waals surface area (Å²) in [5.41, 5.74) is 5.47. The molecule has 2 rings (SSSR count). The second-order valence-corrected chi connectivity index (χ2v) is 4.65. The maximum atomic E-state index is 5.72. The summed E-state index contributed by atoms with van der Waals surface area (Å²) in [5.74, 6) is 6.74. The Bertz CT molecular complexity index is 365. The first kappa shape index (κ1) is 12.4. The molecule has 1 aromatic rings. The third-order valence-electron chi connectivity index (χ3n) is 3.42. The molecule has 94 valence electrons. The lowest BCUT2D eigenvalue weighted by molar-refractivity contribution is 0.346. The summed E-state index contributed by atoms with van der Waals surface area (Å²) in [5, 5.41) is 0. The molecule has 0 amide bonds. The van der Waals surface area contributed by atoms with Crippen LogP contribution in [0.5, 0.6) is 5.75 Å². The number of hydrazine groups is 1. The normalized spacial score (nSPS) is 15.4. The molecule has 1 heterocycles. The van der Waals surface area contributed by atoms with Crippen molar-refractivity contribution in [2.75, 3.05) is 6.61 Å². The van der Waals surface area contributed by atoms with E-state index >= 15 is 0 Å². The van der Waals surface area contributed by atoms with E-state index in [9.17, 15) is 0 Å². The minimum Gasteiger partial charge on any atom is -0.493 e. The number of para-hydroxylation sites is 1. The van der Waals surface area contributed by atoms with E-state index in [0.29, 0.717) is 0 Å². The van der Waals surface area contributed by atoms with Crippen LogP contribution in [0, 0.1) is 0 Å². The van der Waals surface area contributed by atoms with Crippen LogP contribution in [0.15, 0.2) is 18.2 Å². The third-order valence-corrected chi connectivity index (χ3v) is 3.42. The van der Waals surface area contributed by atoms with Crippen LogP contribution in [0.4, 0.5) is 0 Å². The van der Waals surface area contributed by atoms with Crippen molar-refractivity contribution in [1.29, 1.82) is 0 Å².